The van der Waals surface area contributed by atoms with Gasteiger partial charge in [-0.1, -0.05) is 23.1 Å². The lowest BCUT2D eigenvalue weighted by molar-refractivity contribution is -0.115. The van der Waals surface area contributed by atoms with E-state index in [0.29, 0.717) is 11.4 Å². The van der Waals surface area contributed by atoms with Gasteiger partial charge in [0.1, 0.15) is 10.8 Å². The highest BCUT2D eigenvalue weighted by Crippen LogP contribution is 2.23. The summed E-state index contributed by atoms with van der Waals surface area (Å²) in [5, 5.41) is 11.2. The Hall–Kier alpha value is -1.67. The van der Waals surface area contributed by atoms with Crippen molar-refractivity contribution in [2.45, 2.75) is 17.7 Å². The lowest BCUT2D eigenvalue weighted by Gasteiger charge is -2.06. The maximum atomic E-state index is 13.4. The van der Waals surface area contributed by atoms with E-state index < -0.39 is 5.82 Å². The third-order valence-electron chi connectivity index (χ3n) is 2.33. The first-order valence-corrected chi connectivity index (χ1v) is 7.62. The summed E-state index contributed by atoms with van der Waals surface area (Å²) in [5.41, 5.74) is 6.05. The number of anilines is 2. The van der Waals surface area contributed by atoms with Crippen LogP contribution in [-0.2, 0) is 4.79 Å². The molecule has 1 aromatic heterocycles. The Morgan fingerprint density at radius 1 is 1.50 bits per heavy atom. The molecule has 0 radical (unpaired) electrons. The normalized spacial score (nSPS) is 10.5. The molecular weight excluding hydrogens is 299 g/mol. The lowest BCUT2D eigenvalue weighted by atomic mass is 10.2. The number of amides is 1. The Balaban J connectivity index is 1.82. The van der Waals surface area contributed by atoms with Crippen LogP contribution in [0, 0.1) is 12.7 Å². The number of rotatable bonds is 5. The summed E-state index contributed by atoms with van der Waals surface area (Å²) in [6, 6.07) is 4.07. The van der Waals surface area contributed by atoms with E-state index in [9.17, 15) is 9.18 Å². The van der Waals surface area contributed by atoms with Crippen molar-refractivity contribution < 1.29 is 9.18 Å². The van der Waals surface area contributed by atoms with Gasteiger partial charge in [-0.15, -0.1) is 10.2 Å². The number of nitrogen functional groups attached to an aromatic ring is 1. The summed E-state index contributed by atoms with van der Waals surface area (Å²) >= 11 is 2.93. The van der Waals surface area contributed by atoms with Crippen LogP contribution in [0.25, 0.3) is 0 Å². The average Bonchev–Trinajstić information content (AvgIpc) is 2.80. The van der Waals surface area contributed by atoms with Gasteiger partial charge in [0.25, 0.3) is 0 Å². The minimum Gasteiger partial charge on any atom is -0.399 e. The molecule has 0 aliphatic rings. The Bertz CT molecular complexity index is 617. The topological polar surface area (TPSA) is 80.9 Å². The van der Waals surface area contributed by atoms with Gasteiger partial charge < -0.3 is 11.1 Å². The van der Waals surface area contributed by atoms with Crippen molar-refractivity contribution in [1.29, 1.82) is 0 Å². The van der Waals surface area contributed by atoms with E-state index in [-0.39, 0.29) is 18.0 Å². The second-order valence-electron chi connectivity index (χ2n) is 3.97. The van der Waals surface area contributed by atoms with Crippen molar-refractivity contribution in [3.63, 3.8) is 0 Å². The molecule has 0 bridgehead atoms. The fourth-order valence-corrected chi connectivity index (χ4v) is 3.24. The number of carbonyl (C=O) groups excluding carboxylic acids is 1. The largest absolute Gasteiger partial charge is 0.399 e. The van der Waals surface area contributed by atoms with Gasteiger partial charge in [0.2, 0.25) is 5.91 Å². The van der Waals surface area contributed by atoms with E-state index in [1.165, 1.54) is 41.3 Å². The third kappa shape index (κ3) is 4.17. The van der Waals surface area contributed by atoms with Crippen LogP contribution < -0.4 is 11.1 Å². The van der Waals surface area contributed by atoms with Crippen molar-refractivity contribution in [3.05, 3.63) is 29.0 Å². The molecule has 0 atom stereocenters. The molecule has 20 heavy (non-hydrogen) atoms. The summed E-state index contributed by atoms with van der Waals surface area (Å²) in [5.74, 6) is -0.201. The zero-order valence-corrected chi connectivity index (χ0v) is 12.4. The predicted molar refractivity (Wildman–Crippen MR) is 79.4 cm³/mol. The second kappa shape index (κ2) is 6.67. The van der Waals surface area contributed by atoms with Crippen LogP contribution in [0.5, 0.6) is 0 Å². The summed E-state index contributed by atoms with van der Waals surface area (Å²) in [7, 11) is 0. The number of aromatic nitrogens is 2. The molecule has 0 unspecified atom stereocenters. The third-order valence-corrected chi connectivity index (χ3v) is 4.30. The Kier molecular flexibility index (Phi) is 4.91. The molecule has 8 heteroatoms. The number of nitrogens with zero attached hydrogens (tertiary/aromatic N) is 2. The number of halogens is 1. The number of hydrogen-bond acceptors (Lipinski definition) is 6. The van der Waals surface area contributed by atoms with Crippen molar-refractivity contribution in [1.82, 2.24) is 10.2 Å². The zero-order valence-electron chi connectivity index (χ0n) is 10.7. The number of nitrogens with one attached hydrogen (secondary N) is 1. The number of benzene rings is 1. The molecule has 106 valence electrons. The molecule has 0 saturated heterocycles. The van der Waals surface area contributed by atoms with E-state index in [1.54, 1.807) is 0 Å². The fraction of sp³-hybridized carbons (Fsp3) is 0.250. The fourth-order valence-electron chi connectivity index (χ4n) is 1.42. The molecule has 0 aliphatic carbocycles. The zero-order chi connectivity index (χ0) is 14.5. The summed E-state index contributed by atoms with van der Waals surface area (Å²) in [6.45, 7) is 1.87. The summed E-state index contributed by atoms with van der Waals surface area (Å²) in [4.78, 5) is 11.7. The van der Waals surface area contributed by atoms with Gasteiger partial charge in [0.05, 0.1) is 5.69 Å². The van der Waals surface area contributed by atoms with Gasteiger partial charge in [-0.3, -0.25) is 4.79 Å². The van der Waals surface area contributed by atoms with Gasteiger partial charge in [0.15, 0.2) is 4.34 Å². The van der Waals surface area contributed by atoms with E-state index in [4.69, 9.17) is 5.73 Å². The Morgan fingerprint density at radius 3 is 3.00 bits per heavy atom. The number of hydrogen-bond donors (Lipinski definition) is 2. The molecule has 1 heterocycles. The van der Waals surface area contributed by atoms with Crippen LogP contribution in [0.1, 0.15) is 11.4 Å². The summed E-state index contributed by atoms with van der Waals surface area (Å²) < 4.78 is 14.3. The van der Waals surface area contributed by atoms with Crippen LogP contribution in [0.3, 0.4) is 0 Å². The van der Waals surface area contributed by atoms with Gasteiger partial charge in [-0.05, 0) is 25.1 Å². The van der Waals surface area contributed by atoms with Gasteiger partial charge in [0, 0.05) is 17.9 Å². The van der Waals surface area contributed by atoms with E-state index in [0.717, 1.165) is 9.35 Å². The number of nitrogens with two attached hydrogens (primary N) is 1. The van der Waals surface area contributed by atoms with Crippen molar-refractivity contribution >= 4 is 40.4 Å². The molecule has 2 rings (SSSR count). The molecule has 0 spiro atoms. The SMILES string of the molecule is Cc1nnc(SCCC(=O)Nc2cc(N)ccc2F)s1. The van der Waals surface area contributed by atoms with E-state index in [1.807, 2.05) is 6.92 Å². The molecule has 2 aromatic rings. The maximum absolute atomic E-state index is 13.4. The molecular formula is C12H13FN4OS2. The van der Waals surface area contributed by atoms with Crippen LogP contribution in [0.2, 0.25) is 0 Å². The predicted octanol–water partition coefficient (Wildman–Crippen LogP) is 2.69. The lowest BCUT2D eigenvalue weighted by Crippen LogP contribution is -2.13. The van der Waals surface area contributed by atoms with Crippen LogP contribution in [0.4, 0.5) is 15.8 Å². The average molecular weight is 312 g/mol. The highest BCUT2D eigenvalue weighted by molar-refractivity contribution is 8.01. The highest BCUT2D eigenvalue weighted by Gasteiger charge is 2.08. The maximum Gasteiger partial charge on any atom is 0.225 e. The van der Waals surface area contributed by atoms with Gasteiger partial charge >= 0.3 is 0 Å². The standard InChI is InChI=1S/C12H13FN4OS2/c1-7-16-17-12(20-7)19-5-4-11(18)15-10-6-8(14)2-3-9(10)13/h2-3,6H,4-5,14H2,1H3,(H,15,18). The Labute approximate surface area is 123 Å². The molecule has 3 N–H and O–H groups in total. The molecule has 1 aromatic carbocycles. The van der Waals surface area contributed by atoms with Crippen LogP contribution >= 0.6 is 23.1 Å². The second-order valence-corrected chi connectivity index (χ2v) is 6.50. The van der Waals surface area contributed by atoms with Crippen LogP contribution in [0.15, 0.2) is 22.5 Å². The van der Waals surface area contributed by atoms with E-state index in [2.05, 4.69) is 15.5 Å². The molecule has 5 nitrogen and oxygen atoms in total. The van der Waals surface area contributed by atoms with Gasteiger partial charge in [-0.2, -0.15) is 0 Å². The van der Waals surface area contributed by atoms with Crippen molar-refractivity contribution in [2.24, 2.45) is 0 Å². The quantitative estimate of drug-likeness (QED) is 0.655. The number of carbonyl (C=O) groups is 1. The first-order valence-electron chi connectivity index (χ1n) is 5.82. The highest BCUT2D eigenvalue weighted by atomic mass is 32.2. The molecule has 0 aliphatic heterocycles. The minimum atomic E-state index is -0.500. The first kappa shape index (κ1) is 14.7. The Morgan fingerprint density at radius 2 is 2.30 bits per heavy atom. The molecule has 0 fully saturated rings. The van der Waals surface area contributed by atoms with Crippen molar-refractivity contribution in [2.75, 3.05) is 16.8 Å². The van der Waals surface area contributed by atoms with Crippen molar-refractivity contribution in [3.8, 4) is 0 Å². The van der Waals surface area contributed by atoms with Crippen LogP contribution in [-0.4, -0.2) is 21.9 Å². The first-order chi connectivity index (χ1) is 9.54. The molecule has 1 amide bonds. The van der Waals surface area contributed by atoms with E-state index >= 15 is 0 Å². The summed E-state index contributed by atoms with van der Waals surface area (Å²) in [6.07, 6.45) is 0.261. The number of aryl methyl sites for hydroxylation is 1. The van der Waals surface area contributed by atoms with Gasteiger partial charge in [-0.25, -0.2) is 4.39 Å². The smallest absolute Gasteiger partial charge is 0.225 e. The minimum absolute atomic E-state index is 0.103. The molecule has 0 saturated carbocycles. The number of thioether (sulfide) groups is 1. The monoisotopic (exact) mass is 312 g/mol.